The van der Waals surface area contributed by atoms with E-state index in [1.807, 2.05) is 19.1 Å². The molecule has 1 aliphatic carbocycles. The van der Waals surface area contributed by atoms with Crippen LogP contribution in [-0.4, -0.2) is 30.4 Å². The van der Waals surface area contributed by atoms with Crippen molar-refractivity contribution in [2.45, 2.75) is 52.6 Å². The van der Waals surface area contributed by atoms with Gasteiger partial charge in [-0.1, -0.05) is 19.9 Å². The molecule has 0 aliphatic heterocycles. The standard InChI is InChI=1S/C18H27N3O2/c1-11(2)13(4)20-16-7-5-6-15(12(16)3)18(23)19-10-17(22)21-14-8-9-14/h5-7,11,13-14,20H,8-10H2,1-4H3,(H,19,23)(H,21,22)/t13-/m1/s1. The van der Waals surface area contributed by atoms with Crippen molar-refractivity contribution in [3.63, 3.8) is 0 Å². The Balaban J connectivity index is 1.97. The highest BCUT2D eigenvalue weighted by molar-refractivity contribution is 5.98. The minimum Gasteiger partial charge on any atom is -0.382 e. The van der Waals surface area contributed by atoms with Crippen molar-refractivity contribution in [2.24, 2.45) is 5.92 Å². The average Bonchev–Trinajstić information content (AvgIpc) is 3.30. The summed E-state index contributed by atoms with van der Waals surface area (Å²) in [5, 5.41) is 9.00. The van der Waals surface area contributed by atoms with Gasteiger partial charge in [0.05, 0.1) is 6.54 Å². The van der Waals surface area contributed by atoms with E-state index in [1.54, 1.807) is 6.07 Å². The fourth-order valence-electron chi connectivity index (χ4n) is 2.21. The predicted octanol–water partition coefficient (Wildman–Crippen LogP) is 2.46. The van der Waals surface area contributed by atoms with Gasteiger partial charge in [-0.15, -0.1) is 0 Å². The molecule has 5 heteroatoms. The van der Waals surface area contributed by atoms with E-state index in [0.29, 0.717) is 23.6 Å². The molecular weight excluding hydrogens is 290 g/mol. The largest absolute Gasteiger partial charge is 0.382 e. The highest BCUT2D eigenvalue weighted by Crippen LogP contribution is 2.21. The van der Waals surface area contributed by atoms with Crippen molar-refractivity contribution in [1.29, 1.82) is 0 Å². The van der Waals surface area contributed by atoms with Crippen LogP contribution in [0.5, 0.6) is 0 Å². The van der Waals surface area contributed by atoms with Gasteiger partial charge in [-0.2, -0.15) is 0 Å². The van der Waals surface area contributed by atoms with Gasteiger partial charge in [0.15, 0.2) is 0 Å². The number of nitrogens with one attached hydrogen (secondary N) is 3. The summed E-state index contributed by atoms with van der Waals surface area (Å²) in [4.78, 5) is 24.0. The summed E-state index contributed by atoms with van der Waals surface area (Å²) >= 11 is 0. The smallest absolute Gasteiger partial charge is 0.252 e. The molecule has 1 aromatic rings. The van der Waals surface area contributed by atoms with Crippen LogP contribution in [0.2, 0.25) is 0 Å². The van der Waals surface area contributed by atoms with E-state index in [2.05, 4.69) is 36.7 Å². The highest BCUT2D eigenvalue weighted by atomic mass is 16.2. The topological polar surface area (TPSA) is 70.2 Å². The molecule has 126 valence electrons. The van der Waals surface area contributed by atoms with Crippen LogP contribution in [0.4, 0.5) is 5.69 Å². The third kappa shape index (κ3) is 4.98. The molecule has 0 aromatic heterocycles. The zero-order chi connectivity index (χ0) is 17.0. The average molecular weight is 317 g/mol. The van der Waals surface area contributed by atoms with Crippen molar-refractivity contribution in [2.75, 3.05) is 11.9 Å². The van der Waals surface area contributed by atoms with E-state index >= 15 is 0 Å². The van der Waals surface area contributed by atoms with Crippen molar-refractivity contribution in [3.8, 4) is 0 Å². The first-order valence-electron chi connectivity index (χ1n) is 8.32. The molecule has 1 atom stereocenters. The Morgan fingerprint density at radius 2 is 1.91 bits per heavy atom. The molecule has 1 saturated carbocycles. The molecule has 1 aliphatic rings. The van der Waals surface area contributed by atoms with Gasteiger partial charge >= 0.3 is 0 Å². The van der Waals surface area contributed by atoms with Crippen LogP contribution < -0.4 is 16.0 Å². The monoisotopic (exact) mass is 317 g/mol. The summed E-state index contributed by atoms with van der Waals surface area (Å²) in [7, 11) is 0. The first kappa shape index (κ1) is 17.3. The summed E-state index contributed by atoms with van der Waals surface area (Å²) < 4.78 is 0. The maximum atomic E-state index is 12.3. The lowest BCUT2D eigenvalue weighted by Gasteiger charge is -2.21. The molecule has 2 amide bonds. The van der Waals surface area contributed by atoms with E-state index in [4.69, 9.17) is 0 Å². The summed E-state index contributed by atoms with van der Waals surface area (Å²) in [5.74, 6) is 0.161. The van der Waals surface area contributed by atoms with Gasteiger partial charge < -0.3 is 16.0 Å². The van der Waals surface area contributed by atoms with Crippen molar-refractivity contribution in [1.82, 2.24) is 10.6 Å². The second-order valence-electron chi connectivity index (χ2n) is 6.68. The normalized spacial score (nSPS) is 15.2. The van der Waals surface area contributed by atoms with E-state index in [0.717, 1.165) is 24.1 Å². The minimum atomic E-state index is -0.214. The minimum absolute atomic E-state index is 0.0226. The van der Waals surface area contributed by atoms with Crippen LogP contribution >= 0.6 is 0 Å². The number of hydrogen-bond acceptors (Lipinski definition) is 3. The Morgan fingerprint density at radius 3 is 2.52 bits per heavy atom. The van der Waals surface area contributed by atoms with E-state index in [1.165, 1.54) is 0 Å². The summed E-state index contributed by atoms with van der Waals surface area (Å²) in [5.41, 5.74) is 2.46. The summed E-state index contributed by atoms with van der Waals surface area (Å²) in [6.45, 7) is 8.38. The number of carbonyl (C=O) groups excluding carboxylic acids is 2. The Kier molecular flexibility index (Phi) is 5.64. The number of rotatable bonds is 7. The highest BCUT2D eigenvalue weighted by Gasteiger charge is 2.23. The molecule has 2 rings (SSSR count). The Labute approximate surface area is 138 Å². The maximum absolute atomic E-state index is 12.3. The molecule has 0 spiro atoms. The van der Waals surface area contributed by atoms with Crippen LogP contribution in [0.3, 0.4) is 0 Å². The Morgan fingerprint density at radius 1 is 1.22 bits per heavy atom. The van der Waals surface area contributed by atoms with Gasteiger partial charge in [0.25, 0.3) is 5.91 Å². The van der Waals surface area contributed by atoms with Gasteiger partial charge in [0.2, 0.25) is 5.91 Å². The van der Waals surface area contributed by atoms with Crippen LogP contribution in [0.25, 0.3) is 0 Å². The fourth-order valence-corrected chi connectivity index (χ4v) is 2.21. The molecule has 0 heterocycles. The molecule has 23 heavy (non-hydrogen) atoms. The predicted molar refractivity (Wildman–Crippen MR) is 92.6 cm³/mol. The number of amides is 2. The van der Waals surface area contributed by atoms with E-state index < -0.39 is 0 Å². The third-order valence-corrected chi connectivity index (χ3v) is 4.31. The maximum Gasteiger partial charge on any atom is 0.252 e. The molecule has 1 aromatic carbocycles. The van der Waals surface area contributed by atoms with Gasteiger partial charge in [0.1, 0.15) is 0 Å². The van der Waals surface area contributed by atoms with Crippen LogP contribution in [0, 0.1) is 12.8 Å². The first-order chi connectivity index (χ1) is 10.9. The molecular formula is C18H27N3O2. The lowest BCUT2D eigenvalue weighted by molar-refractivity contribution is -0.120. The second kappa shape index (κ2) is 7.49. The third-order valence-electron chi connectivity index (χ3n) is 4.31. The Bertz CT molecular complexity index is 580. The van der Waals surface area contributed by atoms with Crippen molar-refractivity contribution in [3.05, 3.63) is 29.3 Å². The Hall–Kier alpha value is -2.04. The zero-order valence-corrected chi connectivity index (χ0v) is 14.4. The molecule has 5 nitrogen and oxygen atoms in total. The summed E-state index contributed by atoms with van der Waals surface area (Å²) in [6.07, 6.45) is 2.08. The molecule has 3 N–H and O–H groups in total. The zero-order valence-electron chi connectivity index (χ0n) is 14.4. The second-order valence-corrected chi connectivity index (χ2v) is 6.68. The van der Waals surface area contributed by atoms with Crippen molar-refractivity contribution < 1.29 is 9.59 Å². The van der Waals surface area contributed by atoms with Gasteiger partial charge in [-0.25, -0.2) is 0 Å². The van der Waals surface area contributed by atoms with Crippen molar-refractivity contribution >= 4 is 17.5 Å². The lowest BCUT2D eigenvalue weighted by atomic mass is 10.0. The first-order valence-corrected chi connectivity index (χ1v) is 8.32. The fraction of sp³-hybridized carbons (Fsp3) is 0.556. The van der Waals surface area contributed by atoms with Crippen LogP contribution in [0.15, 0.2) is 18.2 Å². The molecule has 0 radical (unpaired) electrons. The van der Waals surface area contributed by atoms with E-state index in [-0.39, 0.29) is 18.4 Å². The van der Waals surface area contributed by atoms with Crippen LogP contribution in [0.1, 0.15) is 49.5 Å². The quantitative estimate of drug-likeness (QED) is 0.723. The molecule has 0 saturated heterocycles. The number of anilines is 1. The SMILES string of the molecule is Cc1c(N[C@H](C)C(C)C)cccc1C(=O)NCC(=O)NC1CC1. The molecule has 1 fully saturated rings. The molecule has 0 unspecified atom stereocenters. The lowest BCUT2D eigenvalue weighted by Crippen LogP contribution is -2.38. The van der Waals surface area contributed by atoms with Gasteiger partial charge in [-0.3, -0.25) is 9.59 Å². The summed E-state index contributed by atoms with van der Waals surface area (Å²) in [6, 6.07) is 6.25. The number of hydrogen-bond donors (Lipinski definition) is 3. The van der Waals surface area contributed by atoms with Crippen LogP contribution in [-0.2, 0) is 4.79 Å². The van der Waals surface area contributed by atoms with E-state index in [9.17, 15) is 9.59 Å². The number of benzene rings is 1. The number of carbonyl (C=O) groups is 2. The van der Waals surface area contributed by atoms with Gasteiger partial charge in [0, 0.05) is 23.3 Å². The van der Waals surface area contributed by atoms with Gasteiger partial charge in [-0.05, 0) is 50.3 Å². The molecule has 0 bridgehead atoms.